The van der Waals surface area contributed by atoms with Crippen molar-refractivity contribution in [3.63, 3.8) is 0 Å². The minimum absolute atomic E-state index is 0.172. The van der Waals surface area contributed by atoms with E-state index in [-0.39, 0.29) is 12.0 Å². The fourth-order valence-corrected chi connectivity index (χ4v) is 1.95. The highest BCUT2D eigenvalue weighted by Gasteiger charge is 2.11. The number of anilines is 1. The largest absolute Gasteiger partial charge is 0.465 e. The fourth-order valence-electron chi connectivity index (χ4n) is 1.95. The van der Waals surface area contributed by atoms with Gasteiger partial charge in [-0.25, -0.2) is 9.78 Å². The molecule has 106 valence electrons. The Kier molecular flexibility index (Phi) is 4.34. The summed E-state index contributed by atoms with van der Waals surface area (Å²) >= 11 is 0. The van der Waals surface area contributed by atoms with Gasteiger partial charge in [-0.15, -0.1) is 0 Å². The van der Waals surface area contributed by atoms with Crippen LogP contribution in [0.25, 0.3) is 0 Å². The molecule has 0 saturated carbocycles. The zero-order chi connectivity index (χ0) is 14.5. The first kappa shape index (κ1) is 14.0. The number of hydrogen-bond acceptors (Lipinski definition) is 5. The molecule has 0 radical (unpaired) electrons. The summed E-state index contributed by atoms with van der Waals surface area (Å²) in [6.07, 6.45) is 3.66. The Bertz CT molecular complexity index is 581. The molecule has 0 amide bonds. The van der Waals surface area contributed by atoms with E-state index in [0.717, 1.165) is 12.4 Å². The number of aryl methyl sites for hydroxylation is 1. The normalized spacial score (nSPS) is 11.9. The number of carbonyl (C=O) groups is 1. The van der Waals surface area contributed by atoms with Gasteiger partial charge in [0.2, 0.25) is 0 Å². The third-order valence-corrected chi connectivity index (χ3v) is 2.91. The first-order chi connectivity index (χ1) is 9.60. The lowest BCUT2D eigenvalue weighted by molar-refractivity contribution is 0.0599. The summed E-state index contributed by atoms with van der Waals surface area (Å²) in [4.78, 5) is 15.9. The van der Waals surface area contributed by atoms with E-state index in [1.54, 1.807) is 25.3 Å². The summed E-state index contributed by atoms with van der Waals surface area (Å²) in [5, 5.41) is 7.44. The van der Waals surface area contributed by atoms with E-state index in [4.69, 9.17) is 4.74 Å². The Morgan fingerprint density at radius 1 is 1.50 bits per heavy atom. The Morgan fingerprint density at radius 3 is 2.90 bits per heavy atom. The molecule has 1 N–H and O–H groups in total. The van der Waals surface area contributed by atoms with Gasteiger partial charge in [0, 0.05) is 18.4 Å². The molecule has 20 heavy (non-hydrogen) atoms. The molecule has 0 bridgehead atoms. The molecule has 0 aromatic carbocycles. The number of pyridine rings is 1. The number of ether oxygens (including phenoxy) is 1. The van der Waals surface area contributed by atoms with E-state index in [0.29, 0.717) is 11.3 Å². The van der Waals surface area contributed by atoms with Crippen molar-refractivity contribution in [2.45, 2.75) is 26.4 Å². The highest BCUT2D eigenvalue weighted by Crippen LogP contribution is 2.12. The first-order valence-corrected chi connectivity index (χ1v) is 6.40. The van der Waals surface area contributed by atoms with E-state index in [1.165, 1.54) is 7.11 Å². The van der Waals surface area contributed by atoms with Crippen LogP contribution in [0.15, 0.2) is 30.6 Å². The van der Waals surface area contributed by atoms with Crippen molar-refractivity contribution in [3.05, 3.63) is 41.9 Å². The molecule has 2 rings (SSSR count). The van der Waals surface area contributed by atoms with Crippen LogP contribution in [-0.2, 0) is 11.3 Å². The average molecular weight is 274 g/mol. The molecule has 0 aliphatic rings. The predicted octanol–water partition coefficient (Wildman–Crippen LogP) is 1.87. The molecule has 0 spiro atoms. The number of rotatable bonds is 5. The minimum atomic E-state index is -0.369. The van der Waals surface area contributed by atoms with Crippen molar-refractivity contribution >= 4 is 11.8 Å². The van der Waals surface area contributed by atoms with Crippen LogP contribution in [-0.4, -0.2) is 33.9 Å². The summed E-state index contributed by atoms with van der Waals surface area (Å²) in [5.41, 5.74) is 1.13. The zero-order valence-corrected chi connectivity index (χ0v) is 11.8. The number of carbonyl (C=O) groups excluding carboxylic acids is 1. The maximum Gasteiger partial charge on any atom is 0.339 e. The Morgan fingerprint density at radius 2 is 2.30 bits per heavy atom. The van der Waals surface area contributed by atoms with Crippen LogP contribution in [0.5, 0.6) is 0 Å². The SMILES string of the molecule is COC(=O)c1ccc(NC(C)Cn2cccn2)nc1C. The summed E-state index contributed by atoms with van der Waals surface area (Å²) in [6.45, 7) is 4.58. The van der Waals surface area contributed by atoms with Crippen molar-refractivity contribution in [1.29, 1.82) is 0 Å². The Hall–Kier alpha value is -2.37. The number of methoxy groups -OCH3 is 1. The molecule has 0 saturated heterocycles. The molecule has 2 heterocycles. The Labute approximate surface area is 117 Å². The van der Waals surface area contributed by atoms with E-state index < -0.39 is 0 Å². The van der Waals surface area contributed by atoms with Crippen molar-refractivity contribution in [3.8, 4) is 0 Å². The van der Waals surface area contributed by atoms with Gasteiger partial charge in [0.05, 0.1) is 24.9 Å². The lowest BCUT2D eigenvalue weighted by atomic mass is 10.2. The summed E-state index contributed by atoms with van der Waals surface area (Å²) in [7, 11) is 1.36. The van der Waals surface area contributed by atoms with Gasteiger partial charge in [0.15, 0.2) is 0 Å². The summed E-state index contributed by atoms with van der Waals surface area (Å²) < 4.78 is 6.55. The summed E-state index contributed by atoms with van der Waals surface area (Å²) in [5.74, 6) is 0.362. The standard InChI is InChI=1S/C14H18N4O2/c1-10(9-18-8-4-7-15-18)16-13-6-5-12(11(2)17-13)14(19)20-3/h4-8,10H,9H2,1-3H3,(H,16,17). The fraction of sp³-hybridized carbons (Fsp3) is 0.357. The van der Waals surface area contributed by atoms with E-state index in [1.807, 2.05) is 23.9 Å². The van der Waals surface area contributed by atoms with Crippen LogP contribution in [0, 0.1) is 6.92 Å². The lowest BCUT2D eigenvalue weighted by Crippen LogP contribution is -2.23. The van der Waals surface area contributed by atoms with Gasteiger partial charge >= 0.3 is 5.97 Å². The molecule has 1 atom stereocenters. The van der Waals surface area contributed by atoms with Crippen LogP contribution in [0.1, 0.15) is 23.0 Å². The van der Waals surface area contributed by atoms with Crippen molar-refractivity contribution < 1.29 is 9.53 Å². The quantitative estimate of drug-likeness (QED) is 0.843. The highest BCUT2D eigenvalue weighted by molar-refractivity contribution is 5.90. The molecule has 0 fully saturated rings. The monoisotopic (exact) mass is 274 g/mol. The highest BCUT2D eigenvalue weighted by atomic mass is 16.5. The van der Waals surface area contributed by atoms with Gasteiger partial charge in [-0.3, -0.25) is 4.68 Å². The second-order valence-electron chi connectivity index (χ2n) is 4.59. The number of nitrogens with one attached hydrogen (secondary N) is 1. The molecule has 2 aromatic rings. The molecule has 0 aliphatic heterocycles. The summed E-state index contributed by atoms with van der Waals surface area (Å²) in [6, 6.07) is 5.56. The average Bonchev–Trinajstić information content (AvgIpc) is 2.90. The molecular formula is C14H18N4O2. The van der Waals surface area contributed by atoms with Gasteiger partial charge in [-0.1, -0.05) is 0 Å². The van der Waals surface area contributed by atoms with Crippen molar-refractivity contribution in [1.82, 2.24) is 14.8 Å². The lowest BCUT2D eigenvalue weighted by Gasteiger charge is -2.15. The van der Waals surface area contributed by atoms with Gasteiger partial charge in [-0.05, 0) is 32.0 Å². The van der Waals surface area contributed by atoms with Crippen LogP contribution in [0.2, 0.25) is 0 Å². The second kappa shape index (κ2) is 6.18. The van der Waals surface area contributed by atoms with Crippen molar-refractivity contribution in [2.75, 3.05) is 12.4 Å². The van der Waals surface area contributed by atoms with Crippen LogP contribution < -0.4 is 5.32 Å². The second-order valence-corrected chi connectivity index (χ2v) is 4.59. The minimum Gasteiger partial charge on any atom is -0.465 e. The molecule has 0 aliphatic carbocycles. The third-order valence-electron chi connectivity index (χ3n) is 2.91. The number of esters is 1. The van der Waals surface area contributed by atoms with E-state index >= 15 is 0 Å². The van der Waals surface area contributed by atoms with Gasteiger partial charge in [0.1, 0.15) is 5.82 Å². The molecule has 6 nitrogen and oxygen atoms in total. The maximum absolute atomic E-state index is 11.5. The van der Waals surface area contributed by atoms with E-state index in [9.17, 15) is 4.79 Å². The third kappa shape index (κ3) is 3.34. The molecule has 1 unspecified atom stereocenters. The zero-order valence-electron chi connectivity index (χ0n) is 11.8. The molecule has 2 aromatic heterocycles. The van der Waals surface area contributed by atoms with Crippen LogP contribution in [0.3, 0.4) is 0 Å². The number of hydrogen-bond donors (Lipinski definition) is 1. The number of nitrogens with zero attached hydrogens (tertiary/aromatic N) is 3. The topological polar surface area (TPSA) is 69.0 Å². The maximum atomic E-state index is 11.5. The smallest absolute Gasteiger partial charge is 0.339 e. The van der Waals surface area contributed by atoms with E-state index in [2.05, 4.69) is 15.4 Å². The van der Waals surface area contributed by atoms with Gasteiger partial charge < -0.3 is 10.1 Å². The van der Waals surface area contributed by atoms with Gasteiger partial charge in [0.25, 0.3) is 0 Å². The number of aromatic nitrogens is 3. The predicted molar refractivity (Wildman–Crippen MR) is 75.6 cm³/mol. The molecular weight excluding hydrogens is 256 g/mol. The first-order valence-electron chi connectivity index (χ1n) is 6.40. The molecule has 6 heteroatoms. The van der Waals surface area contributed by atoms with Crippen molar-refractivity contribution in [2.24, 2.45) is 0 Å². The van der Waals surface area contributed by atoms with Crippen LogP contribution >= 0.6 is 0 Å². The van der Waals surface area contributed by atoms with Crippen LogP contribution in [0.4, 0.5) is 5.82 Å². The Balaban J connectivity index is 2.03. The van der Waals surface area contributed by atoms with Gasteiger partial charge in [-0.2, -0.15) is 5.10 Å².